The Morgan fingerprint density at radius 2 is 2.00 bits per heavy atom. The molecule has 0 aromatic heterocycles. The van der Waals surface area contributed by atoms with Gasteiger partial charge in [-0.15, -0.1) is 0 Å². The Kier molecular flexibility index (Phi) is 4.15. The topological polar surface area (TPSA) is 35.5 Å². The van der Waals surface area contributed by atoms with Crippen LogP contribution < -0.4 is 9.47 Å². The lowest BCUT2D eigenvalue weighted by atomic mass is 10.1. The lowest BCUT2D eigenvalue weighted by Gasteiger charge is -2.12. The molecular formula is C11H13BrO3. The molecule has 1 unspecified atom stereocenters. The normalized spacial score (nSPS) is 12.0. The van der Waals surface area contributed by atoms with Gasteiger partial charge in [-0.2, -0.15) is 0 Å². The third-order valence-electron chi connectivity index (χ3n) is 2.03. The first-order valence-corrected chi connectivity index (χ1v) is 5.42. The molecule has 1 aromatic rings. The second-order valence-corrected chi connectivity index (χ2v) is 4.39. The van der Waals surface area contributed by atoms with Crippen LogP contribution in [0.5, 0.6) is 11.5 Å². The van der Waals surface area contributed by atoms with Crippen LogP contribution in [0.1, 0.15) is 17.3 Å². The zero-order chi connectivity index (χ0) is 11.4. The van der Waals surface area contributed by atoms with Crippen molar-refractivity contribution in [1.82, 2.24) is 0 Å². The van der Waals surface area contributed by atoms with E-state index in [1.807, 2.05) is 0 Å². The number of methoxy groups -OCH3 is 2. The molecule has 0 aliphatic rings. The van der Waals surface area contributed by atoms with Crippen LogP contribution in [0.25, 0.3) is 0 Å². The summed E-state index contributed by atoms with van der Waals surface area (Å²) in [5, 5.41) is 0. The third-order valence-corrected chi connectivity index (χ3v) is 2.45. The van der Waals surface area contributed by atoms with E-state index in [1.54, 1.807) is 32.2 Å². The number of ether oxygens (including phenoxy) is 2. The van der Waals surface area contributed by atoms with E-state index < -0.39 is 0 Å². The predicted octanol–water partition coefficient (Wildman–Crippen LogP) is 2.67. The molecule has 0 aliphatic heterocycles. The highest BCUT2D eigenvalue weighted by Gasteiger charge is 2.19. The molecule has 0 bridgehead atoms. The van der Waals surface area contributed by atoms with Gasteiger partial charge in [-0.3, -0.25) is 4.79 Å². The van der Waals surface area contributed by atoms with E-state index in [0.717, 1.165) is 0 Å². The lowest BCUT2D eigenvalue weighted by molar-refractivity contribution is 0.0992. The molecule has 0 saturated heterocycles. The minimum absolute atomic E-state index is 0.0225. The van der Waals surface area contributed by atoms with Gasteiger partial charge in [-0.25, -0.2) is 0 Å². The van der Waals surface area contributed by atoms with E-state index in [-0.39, 0.29) is 10.6 Å². The highest BCUT2D eigenvalue weighted by atomic mass is 79.9. The Morgan fingerprint density at radius 3 is 2.47 bits per heavy atom. The van der Waals surface area contributed by atoms with Crippen molar-refractivity contribution in [2.75, 3.05) is 14.2 Å². The first-order chi connectivity index (χ1) is 7.11. The van der Waals surface area contributed by atoms with Gasteiger partial charge in [0.05, 0.1) is 24.6 Å². The Balaban J connectivity index is 3.23. The zero-order valence-electron chi connectivity index (χ0n) is 8.91. The molecule has 3 nitrogen and oxygen atoms in total. The molecule has 4 heteroatoms. The summed E-state index contributed by atoms with van der Waals surface area (Å²) in [5.74, 6) is 1.03. The van der Waals surface area contributed by atoms with Crippen LogP contribution in [0, 0.1) is 0 Å². The number of rotatable bonds is 4. The highest BCUT2D eigenvalue weighted by Crippen LogP contribution is 2.32. The summed E-state index contributed by atoms with van der Waals surface area (Å²) < 4.78 is 10.3. The Bertz CT molecular complexity index is 361. The minimum Gasteiger partial charge on any atom is -0.493 e. The summed E-state index contributed by atoms with van der Waals surface area (Å²) in [4.78, 5) is 11.6. The molecule has 82 valence electrons. The van der Waals surface area contributed by atoms with Gasteiger partial charge in [0.15, 0.2) is 17.3 Å². The number of hydrogen-bond acceptors (Lipinski definition) is 3. The van der Waals surface area contributed by atoms with Crippen LogP contribution in [0.4, 0.5) is 0 Å². The Morgan fingerprint density at radius 1 is 1.33 bits per heavy atom. The molecule has 0 radical (unpaired) electrons. The molecule has 0 saturated carbocycles. The summed E-state index contributed by atoms with van der Waals surface area (Å²) in [6.45, 7) is 1.78. The van der Waals surface area contributed by atoms with Crippen molar-refractivity contribution in [2.24, 2.45) is 0 Å². The summed E-state index contributed by atoms with van der Waals surface area (Å²) in [6.07, 6.45) is 0. The monoisotopic (exact) mass is 272 g/mol. The van der Waals surface area contributed by atoms with Gasteiger partial charge >= 0.3 is 0 Å². The lowest BCUT2D eigenvalue weighted by Crippen LogP contribution is -2.11. The SMILES string of the molecule is COc1cccc(C(=O)C(C)Br)c1OC. The molecule has 0 N–H and O–H groups in total. The highest BCUT2D eigenvalue weighted by molar-refractivity contribution is 9.10. The van der Waals surface area contributed by atoms with Gasteiger partial charge < -0.3 is 9.47 Å². The molecule has 0 fully saturated rings. The quantitative estimate of drug-likeness (QED) is 0.625. The average molecular weight is 273 g/mol. The van der Waals surface area contributed by atoms with Crippen molar-refractivity contribution in [1.29, 1.82) is 0 Å². The molecule has 15 heavy (non-hydrogen) atoms. The van der Waals surface area contributed by atoms with Crippen molar-refractivity contribution in [3.63, 3.8) is 0 Å². The minimum atomic E-state index is -0.237. The Hall–Kier alpha value is -1.03. The van der Waals surface area contributed by atoms with Gasteiger partial charge in [0.2, 0.25) is 0 Å². The van der Waals surface area contributed by atoms with E-state index in [0.29, 0.717) is 17.1 Å². The van der Waals surface area contributed by atoms with E-state index in [1.165, 1.54) is 7.11 Å². The van der Waals surface area contributed by atoms with E-state index in [9.17, 15) is 4.79 Å². The maximum absolute atomic E-state index is 11.8. The number of carbonyl (C=O) groups excluding carboxylic acids is 1. The summed E-state index contributed by atoms with van der Waals surface area (Å²) >= 11 is 3.24. The summed E-state index contributed by atoms with van der Waals surface area (Å²) in [7, 11) is 3.07. The maximum Gasteiger partial charge on any atom is 0.180 e. The van der Waals surface area contributed by atoms with Crippen molar-refractivity contribution in [3.8, 4) is 11.5 Å². The van der Waals surface area contributed by atoms with Crippen LogP contribution >= 0.6 is 15.9 Å². The molecular weight excluding hydrogens is 260 g/mol. The zero-order valence-corrected chi connectivity index (χ0v) is 10.5. The smallest absolute Gasteiger partial charge is 0.180 e. The molecule has 1 aromatic carbocycles. The summed E-state index contributed by atoms with van der Waals surface area (Å²) in [5.41, 5.74) is 0.529. The standard InChI is InChI=1S/C11H13BrO3/c1-7(12)10(13)8-5-4-6-9(14-2)11(8)15-3/h4-7H,1-3H3. The molecule has 1 atom stereocenters. The summed E-state index contributed by atoms with van der Waals surface area (Å²) in [6, 6.07) is 5.25. The molecule has 0 spiro atoms. The number of benzene rings is 1. The second-order valence-electron chi connectivity index (χ2n) is 3.02. The average Bonchev–Trinajstić information content (AvgIpc) is 2.26. The van der Waals surface area contributed by atoms with Gasteiger partial charge in [0.25, 0.3) is 0 Å². The number of para-hydroxylation sites is 1. The fourth-order valence-corrected chi connectivity index (χ4v) is 1.54. The van der Waals surface area contributed by atoms with E-state index in [4.69, 9.17) is 9.47 Å². The number of carbonyl (C=O) groups is 1. The molecule has 0 aliphatic carbocycles. The van der Waals surface area contributed by atoms with Crippen LogP contribution in [0.2, 0.25) is 0 Å². The van der Waals surface area contributed by atoms with E-state index >= 15 is 0 Å². The number of Topliss-reactive ketones (excluding diaryl/α,β-unsaturated/α-hetero) is 1. The molecule has 0 amide bonds. The second kappa shape index (κ2) is 5.16. The largest absolute Gasteiger partial charge is 0.493 e. The fourth-order valence-electron chi connectivity index (χ4n) is 1.30. The van der Waals surface area contributed by atoms with Gasteiger partial charge in [-0.1, -0.05) is 22.0 Å². The number of halogens is 1. The Labute approximate surface area is 97.5 Å². The van der Waals surface area contributed by atoms with Crippen molar-refractivity contribution in [3.05, 3.63) is 23.8 Å². The van der Waals surface area contributed by atoms with Crippen LogP contribution in [0.3, 0.4) is 0 Å². The molecule has 1 rings (SSSR count). The van der Waals surface area contributed by atoms with Crippen molar-refractivity contribution < 1.29 is 14.3 Å². The van der Waals surface area contributed by atoms with Gasteiger partial charge in [0, 0.05) is 0 Å². The van der Waals surface area contributed by atoms with Crippen LogP contribution in [0.15, 0.2) is 18.2 Å². The maximum atomic E-state index is 11.8. The van der Waals surface area contributed by atoms with Crippen molar-refractivity contribution in [2.45, 2.75) is 11.8 Å². The van der Waals surface area contributed by atoms with Crippen LogP contribution in [-0.2, 0) is 0 Å². The first-order valence-electron chi connectivity index (χ1n) is 4.51. The van der Waals surface area contributed by atoms with Gasteiger partial charge in [-0.05, 0) is 19.1 Å². The predicted molar refractivity (Wildman–Crippen MR) is 62.3 cm³/mol. The first kappa shape index (κ1) is 12.0. The van der Waals surface area contributed by atoms with Gasteiger partial charge in [0.1, 0.15) is 0 Å². The van der Waals surface area contributed by atoms with E-state index in [2.05, 4.69) is 15.9 Å². The van der Waals surface area contributed by atoms with Crippen molar-refractivity contribution >= 4 is 21.7 Å². The number of ketones is 1. The van der Waals surface area contributed by atoms with Crippen LogP contribution in [-0.4, -0.2) is 24.8 Å². The number of hydrogen-bond donors (Lipinski definition) is 0. The number of alkyl halides is 1. The third kappa shape index (κ3) is 2.50. The molecule has 0 heterocycles. The fraction of sp³-hybridized carbons (Fsp3) is 0.364.